The van der Waals surface area contributed by atoms with Gasteiger partial charge in [-0.25, -0.2) is 0 Å². The fourth-order valence-corrected chi connectivity index (χ4v) is 2.05. The monoisotopic (exact) mass is 213 g/mol. The van der Waals surface area contributed by atoms with Crippen LogP contribution in [0.15, 0.2) is 0 Å². The van der Waals surface area contributed by atoms with Crippen molar-refractivity contribution >= 4 is 5.78 Å². The summed E-state index contributed by atoms with van der Waals surface area (Å²) in [5, 5.41) is 0. The highest BCUT2D eigenvalue weighted by Crippen LogP contribution is 2.22. The van der Waals surface area contributed by atoms with Crippen molar-refractivity contribution in [3.8, 4) is 0 Å². The lowest BCUT2D eigenvalue weighted by Crippen LogP contribution is -2.52. The first-order chi connectivity index (χ1) is 6.87. The van der Waals surface area contributed by atoms with Gasteiger partial charge < -0.3 is 4.74 Å². The van der Waals surface area contributed by atoms with E-state index < -0.39 is 0 Å². The summed E-state index contributed by atoms with van der Waals surface area (Å²) in [5.74, 6) is 0.556. The van der Waals surface area contributed by atoms with E-state index in [9.17, 15) is 4.79 Å². The van der Waals surface area contributed by atoms with E-state index in [2.05, 4.69) is 25.7 Å². The average Bonchev–Trinajstić information content (AvgIpc) is 2.19. The number of ether oxygens (including phenoxy) is 1. The molecule has 0 saturated carbocycles. The molecule has 0 amide bonds. The molecule has 15 heavy (non-hydrogen) atoms. The molecule has 1 heterocycles. The average molecular weight is 213 g/mol. The minimum atomic E-state index is -0.131. The maximum atomic E-state index is 11.5. The van der Waals surface area contributed by atoms with Crippen LogP contribution in [0.3, 0.4) is 0 Å². The molecule has 1 aliphatic heterocycles. The molecule has 2 unspecified atom stereocenters. The topological polar surface area (TPSA) is 29.5 Å². The fraction of sp³-hybridized carbons (Fsp3) is 0.917. The van der Waals surface area contributed by atoms with Crippen molar-refractivity contribution in [3.63, 3.8) is 0 Å². The molecule has 1 rings (SSSR count). The Labute approximate surface area is 92.8 Å². The normalized spacial score (nSPS) is 29.5. The van der Waals surface area contributed by atoms with Crippen LogP contribution in [0.5, 0.6) is 0 Å². The number of piperidine rings is 1. The first kappa shape index (κ1) is 12.7. The molecular weight excluding hydrogens is 190 g/mol. The largest absolute Gasteiger partial charge is 0.377 e. The molecule has 0 N–H and O–H groups in total. The van der Waals surface area contributed by atoms with E-state index in [4.69, 9.17) is 4.74 Å². The molecule has 88 valence electrons. The van der Waals surface area contributed by atoms with Gasteiger partial charge in [-0.1, -0.05) is 6.92 Å². The summed E-state index contributed by atoms with van der Waals surface area (Å²) in [6.45, 7) is 10.1. The van der Waals surface area contributed by atoms with Crippen LogP contribution in [0.4, 0.5) is 0 Å². The van der Waals surface area contributed by atoms with Gasteiger partial charge in [-0.15, -0.1) is 0 Å². The molecular formula is C12H23NO2. The molecule has 1 aliphatic rings. The third-order valence-electron chi connectivity index (χ3n) is 3.59. The van der Waals surface area contributed by atoms with E-state index >= 15 is 0 Å². The summed E-state index contributed by atoms with van der Waals surface area (Å²) in [5.41, 5.74) is -0.131. The van der Waals surface area contributed by atoms with Gasteiger partial charge >= 0.3 is 0 Å². The number of ketones is 1. The van der Waals surface area contributed by atoms with Crippen LogP contribution >= 0.6 is 0 Å². The molecule has 0 aromatic rings. The summed E-state index contributed by atoms with van der Waals surface area (Å²) in [4.78, 5) is 13.9. The number of Topliss-reactive ketones (excluding diaryl/α,β-unsaturated/α-hetero) is 1. The predicted molar refractivity (Wildman–Crippen MR) is 60.9 cm³/mol. The van der Waals surface area contributed by atoms with Gasteiger partial charge in [0, 0.05) is 38.6 Å². The Morgan fingerprint density at radius 3 is 2.60 bits per heavy atom. The zero-order chi connectivity index (χ0) is 11.6. The zero-order valence-electron chi connectivity index (χ0n) is 10.5. The Hall–Kier alpha value is -0.410. The van der Waals surface area contributed by atoms with Crippen molar-refractivity contribution in [3.05, 3.63) is 0 Å². The Morgan fingerprint density at radius 1 is 1.47 bits per heavy atom. The molecule has 3 nitrogen and oxygen atoms in total. The highest BCUT2D eigenvalue weighted by molar-refractivity contribution is 5.82. The summed E-state index contributed by atoms with van der Waals surface area (Å²) in [6.07, 6.45) is 0.686. The highest BCUT2D eigenvalue weighted by Gasteiger charge is 2.33. The van der Waals surface area contributed by atoms with Crippen molar-refractivity contribution < 1.29 is 9.53 Å². The molecule has 0 aromatic carbocycles. The third-order valence-corrected chi connectivity index (χ3v) is 3.59. The smallest absolute Gasteiger partial charge is 0.138 e. The van der Waals surface area contributed by atoms with E-state index in [0.717, 1.165) is 13.1 Å². The number of carbonyl (C=O) groups is 1. The van der Waals surface area contributed by atoms with Crippen molar-refractivity contribution in [1.82, 2.24) is 4.90 Å². The van der Waals surface area contributed by atoms with Crippen molar-refractivity contribution in [1.29, 1.82) is 0 Å². The fourth-order valence-electron chi connectivity index (χ4n) is 2.05. The number of likely N-dealkylation sites (tertiary alicyclic amines) is 1. The number of hydrogen-bond acceptors (Lipinski definition) is 3. The summed E-state index contributed by atoms with van der Waals surface area (Å²) in [6, 6.07) is 0.334. The highest BCUT2D eigenvalue weighted by atomic mass is 16.5. The van der Waals surface area contributed by atoms with Crippen LogP contribution in [0.1, 0.15) is 34.1 Å². The van der Waals surface area contributed by atoms with Gasteiger partial charge in [-0.3, -0.25) is 9.69 Å². The minimum absolute atomic E-state index is 0.131. The maximum Gasteiger partial charge on any atom is 0.138 e. The van der Waals surface area contributed by atoms with Crippen LogP contribution < -0.4 is 0 Å². The van der Waals surface area contributed by atoms with Crippen LogP contribution in [0, 0.1) is 5.92 Å². The second-order valence-electron chi connectivity index (χ2n) is 5.18. The molecule has 1 saturated heterocycles. The maximum absolute atomic E-state index is 11.5. The summed E-state index contributed by atoms with van der Waals surface area (Å²) < 4.78 is 5.42. The lowest BCUT2D eigenvalue weighted by Gasteiger charge is -2.40. The lowest BCUT2D eigenvalue weighted by atomic mass is 9.89. The predicted octanol–water partition coefficient (Wildman–Crippen LogP) is 1.71. The van der Waals surface area contributed by atoms with E-state index in [0.29, 0.717) is 18.2 Å². The number of hydrogen-bond donors (Lipinski definition) is 0. The third kappa shape index (κ3) is 3.02. The van der Waals surface area contributed by atoms with Crippen LogP contribution in [-0.4, -0.2) is 42.5 Å². The standard InChI is InChI=1S/C12H23NO2/c1-9-10(2)13(7-6-11(9)14)8-12(3,4)15-5/h9-10H,6-8H2,1-5H3. The quantitative estimate of drug-likeness (QED) is 0.715. The lowest BCUT2D eigenvalue weighted by molar-refractivity contribution is -0.129. The van der Waals surface area contributed by atoms with Gasteiger partial charge in [0.1, 0.15) is 5.78 Å². The first-order valence-corrected chi connectivity index (χ1v) is 5.69. The molecule has 2 atom stereocenters. The number of nitrogens with zero attached hydrogens (tertiary/aromatic N) is 1. The SMILES string of the molecule is COC(C)(C)CN1CCC(=O)C(C)C1C. The molecule has 0 radical (unpaired) electrons. The van der Waals surface area contributed by atoms with Crippen LogP contribution in [0.25, 0.3) is 0 Å². The molecule has 0 aromatic heterocycles. The van der Waals surface area contributed by atoms with E-state index in [1.807, 2.05) is 6.92 Å². The van der Waals surface area contributed by atoms with E-state index in [-0.39, 0.29) is 11.5 Å². The molecule has 1 fully saturated rings. The zero-order valence-corrected chi connectivity index (χ0v) is 10.5. The van der Waals surface area contributed by atoms with Crippen molar-refractivity contribution in [2.75, 3.05) is 20.2 Å². The minimum Gasteiger partial charge on any atom is -0.377 e. The Kier molecular flexibility index (Phi) is 3.90. The van der Waals surface area contributed by atoms with Crippen LogP contribution in [-0.2, 0) is 9.53 Å². The number of methoxy groups -OCH3 is 1. The number of carbonyl (C=O) groups excluding carboxylic acids is 1. The summed E-state index contributed by atoms with van der Waals surface area (Å²) in [7, 11) is 1.74. The molecule has 3 heteroatoms. The molecule has 0 bridgehead atoms. The second kappa shape index (κ2) is 4.62. The second-order valence-corrected chi connectivity index (χ2v) is 5.18. The molecule has 0 spiro atoms. The van der Waals surface area contributed by atoms with Gasteiger partial charge in [0.15, 0.2) is 0 Å². The van der Waals surface area contributed by atoms with E-state index in [1.165, 1.54) is 0 Å². The first-order valence-electron chi connectivity index (χ1n) is 5.69. The van der Waals surface area contributed by atoms with Gasteiger partial charge in [0.25, 0.3) is 0 Å². The molecule has 0 aliphatic carbocycles. The van der Waals surface area contributed by atoms with Gasteiger partial charge in [0.05, 0.1) is 5.60 Å². The van der Waals surface area contributed by atoms with Gasteiger partial charge in [-0.2, -0.15) is 0 Å². The van der Waals surface area contributed by atoms with Crippen molar-refractivity contribution in [2.24, 2.45) is 5.92 Å². The Bertz CT molecular complexity index is 238. The summed E-state index contributed by atoms with van der Waals surface area (Å²) >= 11 is 0. The Morgan fingerprint density at radius 2 is 2.07 bits per heavy atom. The number of rotatable bonds is 3. The van der Waals surface area contributed by atoms with E-state index in [1.54, 1.807) is 7.11 Å². The van der Waals surface area contributed by atoms with Gasteiger partial charge in [0.2, 0.25) is 0 Å². The Balaban J connectivity index is 2.60. The van der Waals surface area contributed by atoms with Crippen LogP contribution in [0.2, 0.25) is 0 Å². The van der Waals surface area contributed by atoms with Crippen molar-refractivity contribution in [2.45, 2.75) is 45.8 Å². The van der Waals surface area contributed by atoms with Gasteiger partial charge in [-0.05, 0) is 20.8 Å².